The van der Waals surface area contributed by atoms with Crippen LogP contribution in [0, 0.1) is 18.8 Å². The Bertz CT molecular complexity index is 241. The zero-order chi connectivity index (χ0) is 9.40. The van der Waals surface area contributed by atoms with E-state index in [0.717, 1.165) is 6.54 Å². The molecule has 0 spiro atoms. The van der Waals surface area contributed by atoms with Crippen molar-refractivity contribution in [3.05, 3.63) is 36.7 Å². The lowest BCUT2D eigenvalue weighted by atomic mass is 10.3. The number of nitrogens with zero attached hydrogens (tertiary/aromatic N) is 2. The van der Waals surface area contributed by atoms with E-state index in [1.807, 2.05) is 0 Å². The maximum atomic E-state index is 6.25. The summed E-state index contributed by atoms with van der Waals surface area (Å²) in [6.07, 6.45) is 3.33. The molecule has 0 fully saturated rings. The van der Waals surface area contributed by atoms with Crippen molar-refractivity contribution in [2.75, 3.05) is 0 Å². The number of hydrogen-bond donors (Lipinski definition) is 0. The molecule has 0 aliphatic heterocycles. The first-order chi connectivity index (χ1) is 5.84. The summed E-state index contributed by atoms with van der Waals surface area (Å²) in [5.41, 5.74) is 1.34. The third-order valence-electron chi connectivity index (χ3n) is 1.63. The SMILES string of the molecule is CCC[n+]1ccccc1C.[C-]#N. The molecule has 0 amide bonds. The predicted molar refractivity (Wildman–Crippen MR) is 46.6 cm³/mol. The molecule has 2 nitrogen and oxygen atoms in total. The Morgan fingerprint density at radius 3 is 2.58 bits per heavy atom. The minimum atomic E-state index is 1.13. The van der Waals surface area contributed by atoms with Gasteiger partial charge in [-0.05, 0) is 0 Å². The van der Waals surface area contributed by atoms with Crippen molar-refractivity contribution < 1.29 is 4.57 Å². The fourth-order valence-corrected chi connectivity index (χ4v) is 1.05. The van der Waals surface area contributed by atoms with Crippen LogP contribution < -0.4 is 4.57 Å². The van der Waals surface area contributed by atoms with E-state index in [1.165, 1.54) is 12.1 Å². The second kappa shape index (κ2) is 6.36. The van der Waals surface area contributed by atoms with Crippen molar-refractivity contribution >= 4 is 0 Å². The zero-order valence-electron chi connectivity index (χ0n) is 7.62. The van der Waals surface area contributed by atoms with Crippen LogP contribution in [0.4, 0.5) is 0 Å². The van der Waals surface area contributed by atoms with Gasteiger partial charge in [-0.1, -0.05) is 13.0 Å². The van der Waals surface area contributed by atoms with E-state index in [9.17, 15) is 0 Å². The van der Waals surface area contributed by atoms with E-state index in [2.05, 4.69) is 42.8 Å². The summed E-state index contributed by atoms with van der Waals surface area (Å²) in [7, 11) is 0. The Balaban J connectivity index is 0.000000561. The van der Waals surface area contributed by atoms with Gasteiger partial charge >= 0.3 is 0 Å². The van der Waals surface area contributed by atoms with Gasteiger partial charge in [-0.25, -0.2) is 4.57 Å². The van der Waals surface area contributed by atoms with Crippen LogP contribution >= 0.6 is 0 Å². The molecule has 0 atom stereocenters. The molecule has 0 bridgehead atoms. The van der Waals surface area contributed by atoms with Crippen LogP contribution in [0.15, 0.2) is 24.4 Å². The number of aryl methyl sites for hydroxylation is 2. The molecule has 0 aromatic carbocycles. The maximum Gasteiger partial charge on any atom is 0.178 e. The van der Waals surface area contributed by atoms with Gasteiger partial charge in [0.15, 0.2) is 11.9 Å². The van der Waals surface area contributed by atoms with Crippen molar-refractivity contribution in [3.8, 4) is 0 Å². The molecule has 12 heavy (non-hydrogen) atoms. The van der Waals surface area contributed by atoms with Gasteiger partial charge in [0.25, 0.3) is 0 Å². The van der Waals surface area contributed by atoms with E-state index in [4.69, 9.17) is 11.8 Å². The molecule has 0 saturated carbocycles. The molecule has 0 unspecified atom stereocenters. The Hall–Kier alpha value is -1.36. The molecule has 0 N–H and O–H groups in total. The quantitative estimate of drug-likeness (QED) is 0.481. The van der Waals surface area contributed by atoms with Gasteiger partial charge in [0.1, 0.15) is 6.54 Å². The summed E-state index contributed by atoms with van der Waals surface area (Å²) in [5.74, 6) is 0. The fraction of sp³-hybridized carbons (Fsp3) is 0.400. The molecular weight excluding hydrogens is 148 g/mol. The Morgan fingerprint density at radius 1 is 1.42 bits per heavy atom. The Labute approximate surface area is 74.1 Å². The average Bonchev–Trinajstić information content (AvgIpc) is 2.13. The van der Waals surface area contributed by atoms with Gasteiger partial charge in [-0.15, -0.1) is 0 Å². The van der Waals surface area contributed by atoms with Gasteiger partial charge in [0.2, 0.25) is 0 Å². The van der Waals surface area contributed by atoms with Crippen molar-refractivity contribution in [3.63, 3.8) is 0 Å². The minimum Gasteiger partial charge on any atom is -0.512 e. The van der Waals surface area contributed by atoms with E-state index in [-0.39, 0.29) is 0 Å². The van der Waals surface area contributed by atoms with Crippen LogP contribution in [0.25, 0.3) is 0 Å². The normalized spacial score (nSPS) is 8.33. The Morgan fingerprint density at radius 2 is 2.08 bits per heavy atom. The highest BCUT2D eigenvalue weighted by atomic mass is 14.9. The smallest absolute Gasteiger partial charge is 0.178 e. The summed E-state index contributed by atoms with van der Waals surface area (Å²) in [4.78, 5) is 0. The van der Waals surface area contributed by atoms with Gasteiger partial charge in [0, 0.05) is 25.5 Å². The zero-order valence-corrected chi connectivity index (χ0v) is 7.62. The summed E-state index contributed by atoms with van der Waals surface area (Å²) in [6.45, 7) is 10.2. The van der Waals surface area contributed by atoms with Crippen LogP contribution in [0.2, 0.25) is 0 Å². The molecule has 1 aromatic rings. The number of hydrogen-bond acceptors (Lipinski definition) is 1. The minimum absolute atomic E-state index is 1.13. The first-order valence-corrected chi connectivity index (χ1v) is 4.02. The van der Waals surface area contributed by atoms with E-state index in [1.54, 1.807) is 0 Å². The number of aromatic nitrogens is 1. The van der Waals surface area contributed by atoms with Crippen LogP contribution in [-0.2, 0) is 6.54 Å². The maximum absolute atomic E-state index is 6.25. The first-order valence-electron chi connectivity index (χ1n) is 4.02. The number of rotatable bonds is 2. The monoisotopic (exact) mass is 162 g/mol. The van der Waals surface area contributed by atoms with Crippen molar-refractivity contribution in [2.24, 2.45) is 0 Å². The lowest BCUT2D eigenvalue weighted by molar-refractivity contribution is -0.702. The first kappa shape index (κ1) is 10.6. The van der Waals surface area contributed by atoms with E-state index in [0.29, 0.717) is 0 Å². The van der Waals surface area contributed by atoms with E-state index < -0.39 is 0 Å². The highest BCUT2D eigenvalue weighted by Gasteiger charge is 1.99. The van der Waals surface area contributed by atoms with Crippen molar-refractivity contribution in [1.29, 1.82) is 5.26 Å². The highest BCUT2D eigenvalue weighted by molar-refractivity contribution is 4.93. The van der Waals surface area contributed by atoms with Gasteiger partial charge in [0.05, 0.1) is 0 Å². The molecule has 0 aliphatic carbocycles. The van der Waals surface area contributed by atoms with Crippen molar-refractivity contribution in [2.45, 2.75) is 26.8 Å². The average molecular weight is 162 g/mol. The lowest BCUT2D eigenvalue weighted by Gasteiger charge is -1.95. The van der Waals surface area contributed by atoms with Gasteiger partial charge in [-0.3, -0.25) is 0 Å². The molecule has 64 valence electrons. The van der Waals surface area contributed by atoms with Crippen LogP contribution in [-0.4, -0.2) is 0 Å². The molecule has 1 rings (SSSR count). The predicted octanol–water partition coefficient (Wildman–Crippen LogP) is 1.79. The largest absolute Gasteiger partial charge is 0.512 e. The second-order valence-electron chi connectivity index (χ2n) is 2.54. The summed E-state index contributed by atoms with van der Waals surface area (Å²) >= 11 is 0. The fourth-order valence-electron chi connectivity index (χ4n) is 1.05. The van der Waals surface area contributed by atoms with Gasteiger partial charge < -0.3 is 11.8 Å². The Kier molecular flexibility index (Phi) is 5.64. The van der Waals surface area contributed by atoms with Crippen LogP contribution in [0.5, 0.6) is 0 Å². The summed E-state index contributed by atoms with van der Waals surface area (Å²) in [6, 6.07) is 6.28. The van der Waals surface area contributed by atoms with E-state index >= 15 is 0 Å². The van der Waals surface area contributed by atoms with Gasteiger partial charge in [-0.2, -0.15) is 0 Å². The van der Waals surface area contributed by atoms with Crippen LogP contribution in [0.3, 0.4) is 0 Å². The molecular formula is C10H14N2. The summed E-state index contributed by atoms with van der Waals surface area (Å²) in [5, 5.41) is 6.25. The second-order valence-corrected chi connectivity index (χ2v) is 2.54. The van der Waals surface area contributed by atoms with Crippen molar-refractivity contribution in [1.82, 2.24) is 0 Å². The third-order valence-corrected chi connectivity index (χ3v) is 1.63. The molecule has 1 aromatic heterocycles. The van der Waals surface area contributed by atoms with Crippen LogP contribution in [0.1, 0.15) is 19.0 Å². The topological polar surface area (TPSA) is 27.7 Å². The molecule has 0 saturated heterocycles. The standard InChI is InChI=1S/C9H14N.CN/c1-3-7-10-8-5-4-6-9(10)2;1-2/h4-6,8H,3,7H2,1-2H3;/q+1;-1. The molecule has 0 radical (unpaired) electrons. The highest BCUT2D eigenvalue weighted by Crippen LogP contribution is 1.87. The molecule has 2 heteroatoms. The lowest BCUT2D eigenvalue weighted by Crippen LogP contribution is -2.35. The summed E-state index contributed by atoms with van der Waals surface area (Å²) < 4.78 is 2.26. The molecule has 1 heterocycles. The molecule has 0 aliphatic rings. The number of pyridine rings is 1. The third kappa shape index (κ3) is 3.16.